The first-order valence-electron chi connectivity index (χ1n) is 8.75. The van der Waals surface area contributed by atoms with Gasteiger partial charge in [-0.3, -0.25) is 4.79 Å². The molecule has 4 rings (SSSR count). The van der Waals surface area contributed by atoms with Gasteiger partial charge in [-0.1, -0.05) is 12.1 Å². The molecule has 1 atom stereocenters. The Balaban J connectivity index is 1.45. The van der Waals surface area contributed by atoms with Crippen LogP contribution in [0.4, 0.5) is 0 Å². The number of aromatic nitrogens is 3. The zero-order valence-corrected chi connectivity index (χ0v) is 14.4. The highest BCUT2D eigenvalue weighted by atomic mass is 16.5. The number of likely N-dealkylation sites (N-methyl/N-ethyl adjacent to an activating group) is 1. The lowest BCUT2D eigenvalue weighted by Gasteiger charge is -2.33. The van der Waals surface area contributed by atoms with Crippen LogP contribution in [0.3, 0.4) is 0 Å². The summed E-state index contributed by atoms with van der Waals surface area (Å²) in [5, 5.41) is 4.13. The molecule has 0 spiro atoms. The monoisotopic (exact) mass is 341 g/mol. The SMILES string of the molecule is CN1CCOC(C(=O)N(Cc2ccc(-n3cncn3)cc2)C2CC2)C1. The van der Waals surface area contributed by atoms with Crippen LogP contribution >= 0.6 is 0 Å². The number of amides is 1. The molecule has 7 heteroatoms. The fourth-order valence-electron chi connectivity index (χ4n) is 3.18. The molecule has 1 unspecified atom stereocenters. The van der Waals surface area contributed by atoms with E-state index < -0.39 is 0 Å². The van der Waals surface area contributed by atoms with Gasteiger partial charge in [0, 0.05) is 25.7 Å². The van der Waals surface area contributed by atoms with Crippen LogP contribution in [0.15, 0.2) is 36.9 Å². The van der Waals surface area contributed by atoms with Crippen molar-refractivity contribution >= 4 is 5.91 Å². The molecule has 2 fully saturated rings. The molecule has 2 aromatic rings. The zero-order valence-electron chi connectivity index (χ0n) is 14.4. The third-order valence-corrected chi connectivity index (χ3v) is 4.79. The minimum Gasteiger partial charge on any atom is -0.366 e. The molecular weight excluding hydrogens is 318 g/mol. The summed E-state index contributed by atoms with van der Waals surface area (Å²) >= 11 is 0. The molecule has 1 aromatic heterocycles. The standard InChI is InChI=1S/C18H23N5O2/c1-21-8-9-25-17(11-21)18(24)22(15-6-7-15)10-14-2-4-16(5-3-14)23-13-19-12-20-23/h2-5,12-13,15,17H,6-11H2,1H3. The van der Waals surface area contributed by atoms with Crippen LogP contribution in [-0.4, -0.2) is 69.4 Å². The van der Waals surface area contributed by atoms with Crippen molar-refractivity contribution in [2.45, 2.75) is 31.5 Å². The molecule has 1 aromatic carbocycles. The fraction of sp³-hybridized carbons (Fsp3) is 0.500. The smallest absolute Gasteiger partial charge is 0.253 e. The van der Waals surface area contributed by atoms with Gasteiger partial charge in [0.25, 0.3) is 5.91 Å². The molecule has 1 saturated carbocycles. The Bertz CT molecular complexity index is 712. The molecule has 0 bridgehead atoms. The Morgan fingerprint density at radius 1 is 1.32 bits per heavy atom. The van der Waals surface area contributed by atoms with Crippen LogP contribution in [-0.2, 0) is 16.1 Å². The lowest BCUT2D eigenvalue weighted by Crippen LogP contribution is -2.50. The number of benzene rings is 1. The molecular formula is C18H23N5O2. The van der Waals surface area contributed by atoms with Crippen molar-refractivity contribution in [2.24, 2.45) is 0 Å². The molecule has 25 heavy (non-hydrogen) atoms. The summed E-state index contributed by atoms with van der Waals surface area (Å²) < 4.78 is 7.44. The van der Waals surface area contributed by atoms with Crippen LogP contribution in [0.2, 0.25) is 0 Å². The average Bonchev–Trinajstić information content (AvgIpc) is 3.33. The van der Waals surface area contributed by atoms with E-state index in [1.807, 2.05) is 36.2 Å². The van der Waals surface area contributed by atoms with E-state index in [1.165, 1.54) is 6.33 Å². The van der Waals surface area contributed by atoms with Gasteiger partial charge in [0.2, 0.25) is 0 Å². The quantitative estimate of drug-likeness (QED) is 0.815. The third kappa shape index (κ3) is 3.72. The number of rotatable bonds is 5. The van der Waals surface area contributed by atoms with E-state index in [-0.39, 0.29) is 12.0 Å². The van der Waals surface area contributed by atoms with E-state index in [9.17, 15) is 4.79 Å². The van der Waals surface area contributed by atoms with Crippen LogP contribution < -0.4 is 0 Å². The molecule has 0 radical (unpaired) electrons. The van der Waals surface area contributed by atoms with Crippen molar-refractivity contribution in [3.05, 3.63) is 42.5 Å². The van der Waals surface area contributed by atoms with Gasteiger partial charge < -0.3 is 14.5 Å². The highest BCUT2D eigenvalue weighted by Gasteiger charge is 2.37. The molecule has 2 aliphatic rings. The minimum atomic E-state index is -0.339. The van der Waals surface area contributed by atoms with Crippen LogP contribution in [0.1, 0.15) is 18.4 Å². The maximum atomic E-state index is 12.9. The maximum absolute atomic E-state index is 12.9. The largest absolute Gasteiger partial charge is 0.366 e. The summed E-state index contributed by atoms with van der Waals surface area (Å²) in [5.41, 5.74) is 2.08. The second-order valence-electron chi connectivity index (χ2n) is 6.83. The summed E-state index contributed by atoms with van der Waals surface area (Å²) in [5.74, 6) is 0.120. The van der Waals surface area contributed by atoms with Gasteiger partial charge in [0.15, 0.2) is 0 Å². The summed E-state index contributed by atoms with van der Waals surface area (Å²) in [6.07, 6.45) is 5.03. The number of carbonyl (C=O) groups is 1. The van der Waals surface area contributed by atoms with Gasteiger partial charge in [-0.25, -0.2) is 9.67 Å². The van der Waals surface area contributed by atoms with Crippen molar-refractivity contribution in [3.8, 4) is 5.69 Å². The molecule has 1 aliphatic heterocycles. The molecule has 132 valence electrons. The fourth-order valence-corrected chi connectivity index (χ4v) is 3.18. The number of morpholine rings is 1. The van der Waals surface area contributed by atoms with Crippen LogP contribution in [0, 0.1) is 0 Å². The van der Waals surface area contributed by atoms with Gasteiger partial charge in [-0.05, 0) is 37.6 Å². The van der Waals surface area contributed by atoms with Gasteiger partial charge in [0.1, 0.15) is 18.8 Å². The zero-order chi connectivity index (χ0) is 17.2. The average molecular weight is 341 g/mol. The predicted octanol–water partition coefficient (Wildman–Crippen LogP) is 1.09. The number of hydrogen-bond donors (Lipinski definition) is 0. The third-order valence-electron chi connectivity index (χ3n) is 4.79. The van der Waals surface area contributed by atoms with Gasteiger partial charge >= 0.3 is 0 Å². The lowest BCUT2D eigenvalue weighted by atomic mass is 10.1. The molecule has 0 N–H and O–H groups in total. The Morgan fingerprint density at radius 2 is 2.12 bits per heavy atom. The first kappa shape index (κ1) is 16.2. The number of nitrogens with zero attached hydrogens (tertiary/aromatic N) is 5. The van der Waals surface area contributed by atoms with Gasteiger partial charge in [-0.15, -0.1) is 0 Å². The van der Waals surface area contributed by atoms with Crippen LogP contribution in [0.5, 0.6) is 0 Å². The summed E-state index contributed by atoms with van der Waals surface area (Å²) in [6.45, 7) is 2.81. The topological polar surface area (TPSA) is 63.5 Å². The summed E-state index contributed by atoms with van der Waals surface area (Å²) in [7, 11) is 2.03. The van der Waals surface area contributed by atoms with Crippen molar-refractivity contribution in [2.75, 3.05) is 26.7 Å². The number of ether oxygens (including phenoxy) is 1. The molecule has 1 amide bonds. The second kappa shape index (κ2) is 6.93. The summed E-state index contributed by atoms with van der Waals surface area (Å²) in [4.78, 5) is 21.0. The van der Waals surface area contributed by atoms with Crippen LogP contribution in [0.25, 0.3) is 5.69 Å². The Labute approximate surface area is 147 Å². The van der Waals surface area contributed by atoms with E-state index >= 15 is 0 Å². The van der Waals surface area contributed by atoms with E-state index in [1.54, 1.807) is 11.0 Å². The van der Waals surface area contributed by atoms with E-state index in [4.69, 9.17) is 4.74 Å². The number of carbonyl (C=O) groups excluding carboxylic acids is 1. The van der Waals surface area contributed by atoms with E-state index in [0.717, 1.165) is 30.6 Å². The highest BCUT2D eigenvalue weighted by molar-refractivity contribution is 5.82. The van der Waals surface area contributed by atoms with Crippen molar-refractivity contribution in [1.29, 1.82) is 0 Å². The predicted molar refractivity (Wildman–Crippen MR) is 92.2 cm³/mol. The van der Waals surface area contributed by atoms with E-state index in [2.05, 4.69) is 15.0 Å². The Kier molecular flexibility index (Phi) is 4.50. The van der Waals surface area contributed by atoms with Crippen molar-refractivity contribution in [1.82, 2.24) is 24.6 Å². The first-order chi connectivity index (χ1) is 12.2. The molecule has 1 saturated heterocycles. The van der Waals surface area contributed by atoms with Gasteiger partial charge in [-0.2, -0.15) is 5.10 Å². The molecule has 1 aliphatic carbocycles. The summed E-state index contributed by atoms with van der Waals surface area (Å²) in [6, 6.07) is 8.47. The maximum Gasteiger partial charge on any atom is 0.253 e. The van der Waals surface area contributed by atoms with Crippen molar-refractivity contribution < 1.29 is 9.53 Å². The Morgan fingerprint density at radius 3 is 2.76 bits per heavy atom. The minimum absolute atomic E-state index is 0.120. The second-order valence-corrected chi connectivity index (χ2v) is 6.83. The highest BCUT2D eigenvalue weighted by Crippen LogP contribution is 2.29. The van der Waals surface area contributed by atoms with Gasteiger partial charge in [0.05, 0.1) is 12.3 Å². The Hall–Kier alpha value is -2.25. The normalized spacial score (nSPS) is 21.2. The molecule has 7 nitrogen and oxygen atoms in total. The van der Waals surface area contributed by atoms with E-state index in [0.29, 0.717) is 25.7 Å². The lowest BCUT2D eigenvalue weighted by molar-refractivity contribution is -0.150. The van der Waals surface area contributed by atoms with Crippen molar-refractivity contribution in [3.63, 3.8) is 0 Å². The molecule has 2 heterocycles. The first-order valence-corrected chi connectivity index (χ1v) is 8.75. The number of hydrogen-bond acceptors (Lipinski definition) is 5.